The molecule has 0 aliphatic heterocycles. The number of nitrogens with one attached hydrogen (secondary N) is 2. The first-order valence-corrected chi connectivity index (χ1v) is 7.68. The molecule has 0 spiro atoms. The number of nitrogens with zero attached hydrogens (tertiary/aromatic N) is 1. The van der Waals surface area contributed by atoms with Crippen LogP contribution in [0.1, 0.15) is 26.2 Å². The van der Waals surface area contributed by atoms with Crippen molar-refractivity contribution < 1.29 is 8.42 Å². The van der Waals surface area contributed by atoms with Crippen LogP contribution in [0.5, 0.6) is 0 Å². The largest absolute Gasteiger partial charge is 0.356 e. The number of aliphatic imine (C=N–C) groups is 1. The molecule has 0 saturated heterocycles. The number of halogens is 1. The number of hydrogen-bond acceptors (Lipinski definition) is 3. The van der Waals surface area contributed by atoms with Crippen LogP contribution in [0.3, 0.4) is 0 Å². The molecular weight excluding hydrogens is 353 g/mol. The molecule has 0 aromatic carbocycles. The molecule has 0 unspecified atom stereocenters. The van der Waals surface area contributed by atoms with Crippen molar-refractivity contribution in [2.24, 2.45) is 4.99 Å². The number of hydrogen-bond donors (Lipinski definition) is 2. The van der Waals surface area contributed by atoms with Crippen molar-refractivity contribution in [1.29, 1.82) is 0 Å². The molecule has 0 saturated carbocycles. The first kappa shape index (κ1) is 19.3. The SMILES string of the molecule is CCCCNC(=NC)NCCCS(C)(=O)=O.I. The van der Waals surface area contributed by atoms with Crippen molar-refractivity contribution in [3.8, 4) is 0 Å². The molecule has 0 bridgehead atoms. The second-order valence-corrected chi connectivity index (χ2v) is 6.02. The van der Waals surface area contributed by atoms with E-state index in [4.69, 9.17) is 0 Å². The molecule has 0 radical (unpaired) electrons. The first-order chi connectivity index (χ1) is 7.49. The molecule has 0 aromatic rings. The van der Waals surface area contributed by atoms with E-state index in [-0.39, 0.29) is 29.7 Å². The van der Waals surface area contributed by atoms with Gasteiger partial charge in [0.15, 0.2) is 5.96 Å². The second-order valence-electron chi connectivity index (χ2n) is 3.76. The Hall–Kier alpha value is -0.0500. The monoisotopic (exact) mass is 377 g/mol. The van der Waals surface area contributed by atoms with Crippen LogP contribution in [0, 0.1) is 0 Å². The van der Waals surface area contributed by atoms with Gasteiger partial charge >= 0.3 is 0 Å². The van der Waals surface area contributed by atoms with Crippen LogP contribution >= 0.6 is 24.0 Å². The van der Waals surface area contributed by atoms with Gasteiger partial charge in [0.05, 0.1) is 5.75 Å². The van der Waals surface area contributed by atoms with E-state index in [1.807, 2.05) is 0 Å². The third-order valence-corrected chi connectivity index (χ3v) is 3.06. The fourth-order valence-corrected chi connectivity index (χ4v) is 1.81. The summed E-state index contributed by atoms with van der Waals surface area (Å²) in [4.78, 5) is 4.04. The van der Waals surface area contributed by atoms with Gasteiger partial charge in [0.1, 0.15) is 9.84 Å². The van der Waals surface area contributed by atoms with E-state index >= 15 is 0 Å². The lowest BCUT2D eigenvalue weighted by Gasteiger charge is -2.10. The number of sulfone groups is 1. The van der Waals surface area contributed by atoms with Crippen molar-refractivity contribution in [2.75, 3.05) is 32.1 Å². The minimum Gasteiger partial charge on any atom is -0.356 e. The molecule has 0 amide bonds. The van der Waals surface area contributed by atoms with Crippen LogP contribution < -0.4 is 10.6 Å². The Balaban J connectivity index is 0. The van der Waals surface area contributed by atoms with E-state index in [1.54, 1.807) is 7.05 Å². The summed E-state index contributed by atoms with van der Waals surface area (Å²) in [5.74, 6) is 0.952. The molecule has 7 heteroatoms. The van der Waals surface area contributed by atoms with Gasteiger partial charge in [0.2, 0.25) is 0 Å². The average Bonchev–Trinajstić information content (AvgIpc) is 2.20. The smallest absolute Gasteiger partial charge is 0.190 e. The Bertz CT molecular complexity index is 305. The van der Waals surface area contributed by atoms with E-state index in [0.717, 1.165) is 25.3 Å². The maximum absolute atomic E-state index is 10.9. The summed E-state index contributed by atoms with van der Waals surface area (Å²) in [6, 6.07) is 0. The number of guanidine groups is 1. The van der Waals surface area contributed by atoms with Gasteiger partial charge in [0.25, 0.3) is 0 Å². The third-order valence-electron chi connectivity index (χ3n) is 2.03. The van der Waals surface area contributed by atoms with Crippen molar-refractivity contribution in [2.45, 2.75) is 26.2 Å². The summed E-state index contributed by atoms with van der Waals surface area (Å²) >= 11 is 0. The van der Waals surface area contributed by atoms with Crippen molar-refractivity contribution in [3.63, 3.8) is 0 Å². The Morgan fingerprint density at radius 1 is 1.18 bits per heavy atom. The summed E-state index contributed by atoms with van der Waals surface area (Å²) in [6.07, 6.45) is 4.09. The molecule has 104 valence electrons. The highest BCUT2D eigenvalue weighted by Crippen LogP contribution is 1.87. The predicted octanol–water partition coefficient (Wildman–Crippen LogP) is 1.00. The van der Waals surface area contributed by atoms with Crippen molar-refractivity contribution in [3.05, 3.63) is 0 Å². The van der Waals surface area contributed by atoms with E-state index < -0.39 is 9.84 Å². The molecule has 0 heterocycles. The molecule has 0 aliphatic carbocycles. The van der Waals surface area contributed by atoms with E-state index in [0.29, 0.717) is 13.0 Å². The zero-order valence-electron chi connectivity index (χ0n) is 10.8. The fraction of sp³-hybridized carbons (Fsp3) is 0.900. The predicted molar refractivity (Wildman–Crippen MR) is 84.0 cm³/mol. The van der Waals surface area contributed by atoms with E-state index in [1.165, 1.54) is 6.26 Å². The Labute approximate surface area is 122 Å². The highest BCUT2D eigenvalue weighted by Gasteiger charge is 2.01. The Morgan fingerprint density at radius 3 is 2.12 bits per heavy atom. The second kappa shape index (κ2) is 11.1. The molecule has 5 nitrogen and oxygen atoms in total. The van der Waals surface area contributed by atoms with Gasteiger partial charge in [-0.15, -0.1) is 24.0 Å². The molecule has 0 atom stereocenters. The number of rotatable bonds is 7. The van der Waals surface area contributed by atoms with Gasteiger partial charge in [-0.1, -0.05) is 13.3 Å². The molecule has 0 rings (SSSR count). The average molecular weight is 377 g/mol. The van der Waals surface area contributed by atoms with E-state index in [9.17, 15) is 8.42 Å². The van der Waals surface area contributed by atoms with Gasteiger partial charge in [0, 0.05) is 26.4 Å². The summed E-state index contributed by atoms with van der Waals surface area (Å²) < 4.78 is 21.8. The van der Waals surface area contributed by atoms with Crippen molar-refractivity contribution in [1.82, 2.24) is 10.6 Å². The summed E-state index contributed by atoms with van der Waals surface area (Å²) in [6.45, 7) is 3.64. The zero-order chi connectivity index (χ0) is 12.4. The van der Waals surface area contributed by atoms with Gasteiger partial charge in [-0.25, -0.2) is 8.42 Å². The molecule has 0 aromatic heterocycles. The lowest BCUT2D eigenvalue weighted by Crippen LogP contribution is -2.38. The van der Waals surface area contributed by atoms with Crippen LogP contribution in [0.4, 0.5) is 0 Å². The normalized spacial score (nSPS) is 11.8. The quantitative estimate of drug-likeness (QED) is 0.301. The fourth-order valence-electron chi connectivity index (χ4n) is 1.15. The van der Waals surface area contributed by atoms with Crippen LogP contribution in [0.15, 0.2) is 4.99 Å². The summed E-state index contributed by atoms with van der Waals surface area (Å²) in [7, 11) is -1.14. The molecule has 17 heavy (non-hydrogen) atoms. The van der Waals surface area contributed by atoms with Crippen LogP contribution in [-0.4, -0.2) is 46.5 Å². The molecule has 2 N–H and O–H groups in total. The Kier molecular flexibility index (Phi) is 12.6. The minimum atomic E-state index is -2.85. The maximum Gasteiger partial charge on any atom is 0.190 e. The summed E-state index contributed by atoms with van der Waals surface area (Å²) in [5.41, 5.74) is 0. The van der Waals surface area contributed by atoms with Crippen LogP contribution in [0.25, 0.3) is 0 Å². The Morgan fingerprint density at radius 2 is 1.71 bits per heavy atom. The molecular formula is C10H24IN3O2S. The first-order valence-electron chi connectivity index (χ1n) is 5.62. The van der Waals surface area contributed by atoms with Gasteiger partial charge in [-0.3, -0.25) is 4.99 Å². The van der Waals surface area contributed by atoms with Gasteiger partial charge in [-0.2, -0.15) is 0 Å². The highest BCUT2D eigenvalue weighted by molar-refractivity contribution is 14.0. The molecule has 0 aliphatic rings. The molecule has 0 fully saturated rings. The standard InChI is InChI=1S/C10H23N3O2S.HI/c1-4-5-7-12-10(11-2)13-8-6-9-16(3,14)15;/h4-9H2,1-3H3,(H2,11,12,13);1H. The summed E-state index contributed by atoms with van der Waals surface area (Å²) in [5, 5.41) is 6.23. The number of unbranched alkanes of at least 4 members (excludes halogenated alkanes) is 1. The third kappa shape index (κ3) is 13.9. The van der Waals surface area contributed by atoms with E-state index in [2.05, 4.69) is 22.5 Å². The van der Waals surface area contributed by atoms with Crippen LogP contribution in [0.2, 0.25) is 0 Å². The van der Waals surface area contributed by atoms with Crippen molar-refractivity contribution >= 4 is 39.8 Å². The van der Waals surface area contributed by atoms with Gasteiger partial charge in [-0.05, 0) is 12.8 Å². The topological polar surface area (TPSA) is 70.6 Å². The zero-order valence-corrected chi connectivity index (χ0v) is 14.0. The minimum absolute atomic E-state index is 0. The van der Waals surface area contributed by atoms with Crippen LogP contribution in [-0.2, 0) is 9.84 Å². The highest BCUT2D eigenvalue weighted by atomic mass is 127. The lowest BCUT2D eigenvalue weighted by molar-refractivity contribution is 0.598. The lowest BCUT2D eigenvalue weighted by atomic mass is 10.3. The maximum atomic E-state index is 10.9. The van der Waals surface area contributed by atoms with Gasteiger partial charge < -0.3 is 10.6 Å².